The molecule has 2 nitrogen and oxygen atoms in total. The van der Waals surface area contributed by atoms with Crippen LogP contribution in [0.2, 0.25) is 0 Å². The van der Waals surface area contributed by atoms with Crippen LogP contribution in [0.1, 0.15) is 65.7 Å². The monoisotopic (exact) mass is 252 g/mol. The van der Waals surface area contributed by atoms with Crippen molar-refractivity contribution >= 4 is 0 Å². The summed E-state index contributed by atoms with van der Waals surface area (Å²) in [6, 6.07) is 2.35. The summed E-state index contributed by atoms with van der Waals surface area (Å²) in [4.78, 5) is 2.83. The smallest absolute Gasteiger partial charge is 0.0196 e. The molecule has 0 radical (unpaired) electrons. The van der Waals surface area contributed by atoms with E-state index < -0.39 is 0 Å². The summed E-state index contributed by atoms with van der Waals surface area (Å²) < 4.78 is 0. The normalized spacial score (nSPS) is 38.8. The van der Waals surface area contributed by atoms with Crippen molar-refractivity contribution in [1.29, 1.82) is 0 Å². The van der Waals surface area contributed by atoms with Crippen LogP contribution in [-0.2, 0) is 0 Å². The number of hydrogen-bond donors (Lipinski definition) is 1. The van der Waals surface area contributed by atoms with Crippen LogP contribution < -0.4 is 5.32 Å². The molecule has 2 heteroatoms. The van der Waals surface area contributed by atoms with Crippen molar-refractivity contribution in [2.24, 2.45) is 5.92 Å². The highest BCUT2D eigenvalue weighted by Crippen LogP contribution is 2.31. The molecule has 0 bridgehead atoms. The summed E-state index contributed by atoms with van der Waals surface area (Å²) in [5.74, 6) is 0.996. The molecule has 18 heavy (non-hydrogen) atoms. The highest BCUT2D eigenvalue weighted by atomic mass is 15.2. The van der Waals surface area contributed by atoms with Crippen LogP contribution in [0.15, 0.2) is 0 Å². The Morgan fingerprint density at radius 3 is 2.78 bits per heavy atom. The van der Waals surface area contributed by atoms with E-state index in [1.807, 2.05) is 0 Å². The third-order valence-electron chi connectivity index (χ3n) is 5.14. The Hall–Kier alpha value is -0.0800. The number of rotatable bonds is 4. The molecule has 2 rings (SSSR count). The van der Waals surface area contributed by atoms with Gasteiger partial charge in [-0.1, -0.05) is 39.5 Å². The molecule has 1 heterocycles. The summed E-state index contributed by atoms with van der Waals surface area (Å²) in [6.45, 7) is 9.56. The fourth-order valence-corrected chi connectivity index (χ4v) is 3.94. The quantitative estimate of drug-likeness (QED) is 0.825. The summed E-state index contributed by atoms with van der Waals surface area (Å²) in [7, 11) is 0. The SMILES string of the molecule is CCCC1CN(C2CCCC(CC)C2)C(C)CN1. The van der Waals surface area contributed by atoms with Gasteiger partial charge in [-0.05, 0) is 32.1 Å². The zero-order valence-electron chi connectivity index (χ0n) is 12.6. The zero-order chi connectivity index (χ0) is 13.0. The minimum Gasteiger partial charge on any atom is -0.311 e. The third kappa shape index (κ3) is 3.48. The molecule has 0 aromatic carbocycles. The average Bonchev–Trinajstić information content (AvgIpc) is 2.41. The minimum absolute atomic E-state index is 0.735. The second-order valence-corrected chi connectivity index (χ2v) is 6.53. The molecule has 0 aromatic heterocycles. The van der Waals surface area contributed by atoms with Crippen LogP contribution in [0.25, 0.3) is 0 Å². The predicted octanol–water partition coefficient (Wildman–Crippen LogP) is 3.42. The Morgan fingerprint density at radius 2 is 2.06 bits per heavy atom. The number of nitrogens with one attached hydrogen (secondary N) is 1. The van der Waals surface area contributed by atoms with Crippen molar-refractivity contribution in [3.63, 3.8) is 0 Å². The Labute approximate surface area is 114 Å². The minimum atomic E-state index is 0.735. The molecular formula is C16H32N2. The molecule has 106 valence electrons. The zero-order valence-corrected chi connectivity index (χ0v) is 12.6. The van der Waals surface area contributed by atoms with Gasteiger partial charge in [-0.15, -0.1) is 0 Å². The number of nitrogens with zero attached hydrogens (tertiary/aromatic N) is 1. The van der Waals surface area contributed by atoms with E-state index in [2.05, 4.69) is 31.0 Å². The second-order valence-electron chi connectivity index (χ2n) is 6.53. The first-order chi connectivity index (χ1) is 8.74. The van der Waals surface area contributed by atoms with Gasteiger partial charge < -0.3 is 5.32 Å². The number of piperazine rings is 1. The van der Waals surface area contributed by atoms with Crippen LogP contribution in [-0.4, -0.2) is 36.1 Å². The molecule has 0 spiro atoms. The molecule has 0 aromatic rings. The van der Waals surface area contributed by atoms with Gasteiger partial charge in [0.1, 0.15) is 0 Å². The number of hydrogen-bond acceptors (Lipinski definition) is 2. The van der Waals surface area contributed by atoms with E-state index in [-0.39, 0.29) is 0 Å². The van der Waals surface area contributed by atoms with Gasteiger partial charge in [0.05, 0.1) is 0 Å². The van der Waals surface area contributed by atoms with E-state index >= 15 is 0 Å². The molecule has 1 saturated carbocycles. The van der Waals surface area contributed by atoms with E-state index in [9.17, 15) is 0 Å². The van der Waals surface area contributed by atoms with E-state index in [4.69, 9.17) is 0 Å². The van der Waals surface area contributed by atoms with Crippen molar-refractivity contribution in [2.45, 2.75) is 83.8 Å². The van der Waals surface area contributed by atoms with Gasteiger partial charge in [-0.2, -0.15) is 0 Å². The topological polar surface area (TPSA) is 15.3 Å². The van der Waals surface area contributed by atoms with E-state index in [0.717, 1.165) is 24.0 Å². The molecule has 2 fully saturated rings. The lowest BCUT2D eigenvalue weighted by molar-refractivity contribution is 0.0541. The highest BCUT2D eigenvalue weighted by molar-refractivity contribution is 4.90. The lowest BCUT2D eigenvalue weighted by Crippen LogP contribution is -2.59. The first kappa shape index (κ1) is 14.3. The van der Waals surface area contributed by atoms with Gasteiger partial charge in [0, 0.05) is 31.2 Å². The molecule has 2 aliphatic rings. The van der Waals surface area contributed by atoms with Crippen LogP contribution in [0.5, 0.6) is 0 Å². The van der Waals surface area contributed by atoms with Gasteiger partial charge in [0.15, 0.2) is 0 Å². The maximum atomic E-state index is 3.72. The second kappa shape index (κ2) is 6.91. The summed E-state index contributed by atoms with van der Waals surface area (Å²) >= 11 is 0. The molecule has 1 aliphatic carbocycles. The Bertz CT molecular complexity index is 241. The average molecular weight is 252 g/mol. The Balaban J connectivity index is 1.92. The maximum Gasteiger partial charge on any atom is 0.0196 e. The summed E-state index contributed by atoms with van der Waals surface area (Å²) in [6.07, 6.45) is 9.87. The molecule has 1 N–H and O–H groups in total. The molecule has 1 saturated heterocycles. The lowest BCUT2D eigenvalue weighted by atomic mass is 9.82. The van der Waals surface area contributed by atoms with Crippen LogP contribution in [0.3, 0.4) is 0 Å². The lowest BCUT2D eigenvalue weighted by Gasteiger charge is -2.46. The van der Waals surface area contributed by atoms with Crippen molar-refractivity contribution in [3.8, 4) is 0 Å². The third-order valence-corrected chi connectivity index (χ3v) is 5.14. The summed E-state index contributed by atoms with van der Waals surface area (Å²) in [5.41, 5.74) is 0. The largest absolute Gasteiger partial charge is 0.311 e. The molecule has 4 atom stereocenters. The standard InChI is InChI=1S/C16H32N2/c1-4-7-15-12-18(13(3)11-17-15)16-9-6-8-14(5-2)10-16/h13-17H,4-12H2,1-3H3. The fraction of sp³-hybridized carbons (Fsp3) is 1.00. The summed E-state index contributed by atoms with van der Waals surface area (Å²) in [5, 5.41) is 3.72. The first-order valence-electron chi connectivity index (χ1n) is 8.23. The van der Waals surface area contributed by atoms with Gasteiger partial charge >= 0.3 is 0 Å². The van der Waals surface area contributed by atoms with Gasteiger partial charge in [-0.3, -0.25) is 4.90 Å². The molecular weight excluding hydrogens is 220 g/mol. The van der Waals surface area contributed by atoms with Crippen molar-refractivity contribution in [1.82, 2.24) is 10.2 Å². The van der Waals surface area contributed by atoms with E-state index in [1.165, 1.54) is 58.0 Å². The van der Waals surface area contributed by atoms with Crippen molar-refractivity contribution < 1.29 is 0 Å². The molecule has 1 aliphatic heterocycles. The van der Waals surface area contributed by atoms with Gasteiger partial charge in [0.25, 0.3) is 0 Å². The predicted molar refractivity (Wildman–Crippen MR) is 78.9 cm³/mol. The van der Waals surface area contributed by atoms with Crippen LogP contribution >= 0.6 is 0 Å². The van der Waals surface area contributed by atoms with Crippen LogP contribution in [0, 0.1) is 5.92 Å². The van der Waals surface area contributed by atoms with Crippen molar-refractivity contribution in [2.75, 3.05) is 13.1 Å². The van der Waals surface area contributed by atoms with E-state index in [1.54, 1.807) is 0 Å². The highest BCUT2D eigenvalue weighted by Gasteiger charge is 2.32. The maximum absolute atomic E-state index is 3.72. The van der Waals surface area contributed by atoms with Crippen LogP contribution in [0.4, 0.5) is 0 Å². The van der Waals surface area contributed by atoms with E-state index in [0.29, 0.717) is 0 Å². The molecule has 0 amide bonds. The van der Waals surface area contributed by atoms with Gasteiger partial charge in [0.2, 0.25) is 0 Å². The molecule has 4 unspecified atom stereocenters. The Morgan fingerprint density at radius 1 is 1.22 bits per heavy atom. The fourth-order valence-electron chi connectivity index (χ4n) is 3.94. The van der Waals surface area contributed by atoms with Gasteiger partial charge in [-0.25, -0.2) is 0 Å². The first-order valence-corrected chi connectivity index (χ1v) is 8.23. The Kier molecular flexibility index (Phi) is 5.50. The van der Waals surface area contributed by atoms with Crippen molar-refractivity contribution in [3.05, 3.63) is 0 Å².